The first-order valence-corrected chi connectivity index (χ1v) is 17.5. The number of rotatable bonds is 6. The van der Waals surface area contributed by atoms with Gasteiger partial charge in [-0.2, -0.15) is 0 Å². The molecule has 2 aliphatic rings. The van der Waals surface area contributed by atoms with Crippen molar-refractivity contribution in [2.75, 3.05) is 13.1 Å². The zero-order valence-corrected chi connectivity index (χ0v) is 31.8. The standard InChI is InChI=1S/C20H33N.C4H8.C4H10.C3H8.4C2H6/c1-6-17(4)18(5)21-14-12-20(13-15-21,16(2)3)19-10-8-7-9-11-19;1-4(2)3;1-3-4-2;1-3-2;4*1-2/h8,10-11,17-18H,2,6-7,9,12-15H2,1,3-5H3;1H2,2-3H3;3-4H2,1-2H3;3H2,1-2H3;4*1-2H3. The maximum absolute atomic E-state index is 4.35. The van der Waals surface area contributed by atoms with Crippen LogP contribution in [0.4, 0.5) is 0 Å². The van der Waals surface area contributed by atoms with Gasteiger partial charge in [0, 0.05) is 11.5 Å². The molecular weight excluding hydrogens is 482 g/mol. The van der Waals surface area contributed by atoms with Gasteiger partial charge in [0.2, 0.25) is 0 Å². The molecule has 0 amide bonds. The summed E-state index contributed by atoms with van der Waals surface area (Å²) in [4.78, 5) is 2.70. The van der Waals surface area contributed by atoms with Crippen LogP contribution in [0.3, 0.4) is 0 Å². The molecule has 2 rings (SSSR count). The van der Waals surface area contributed by atoms with Crippen LogP contribution in [0.25, 0.3) is 0 Å². The normalized spacial score (nSPS) is 15.7. The Morgan fingerprint density at radius 1 is 0.775 bits per heavy atom. The molecule has 1 saturated heterocycles. The zero-order chi connectivity index (χ0) is 33.2. The second-order valence-corrected chi connectivity index (χ2v) is 10.1. The minimum atomic E-state index is 0.239. The van der Waals surface area contributed by atoms with Gasteiger partial charge in [0.1, 0.15) is 0 Å². The van der Waals surface area contributed by atoms with E-state index in [4.69, 9.17) is 0 Å². The Morgan fingerprint density at radius 3 is 1.40 bits per heavy atom. The summed E-state index contributed by atoms with van der Waals surface area (Å²) in [5.41, 5.74) is 4.30. The molecule has 2 unspecified atom stereocenters. The van der Waals surface area contributed by atoms with E-state index in [1.54, 1.807) is 0 Å². The summed E-state index contributed by atoms with van der Waals surface area (Å²) in [6.07, 6.45) is 17.2. The predicted molar refractivity (Wildman–Crippen MR) is 196 cm³/mol. The summed E-state index contributed by atoms with van der Waals surface area (Å²) in [6, 6.07) is 0.703. The van der Waals surface area contributed by atoms with Crippen molar-refractivity contribution in [3.8, 4) is 0 Å². The molecule has 1 nitrogen and oxygen atoms in total. The smallest absolute Gasteiger partial charge is 0.0177 e. The van der Waals surface area contributed by atoms with Crippen molar-refractivity contribution in [3.63, 3.8) is 0 Å². The van der Waals surface area contributed by atoms with E-state index in [9.17, 15) is 0 Å². The molecule has 0 N–H and O–H groups in total. The molecule has 0 spiro atoms. The Morgan fingerprint density at radius 2 is 1.15 bits per heavy atom. The zero-order valence-electron chi connectivity index (χ0n) is 31.8. The second kappa shape index (κ2) is 40.1. The average molecular weight is 566 g/mol. The molecule has 0 radical (unpaired) electrons. The summed E-state index contributed by atoms with van der Waals surface area (Å²) in [6.45, 7) is 48.2. The molecule has 0 saturated carbocycles. The van der Waals surface area contributed by atoms with E-state index in [0.717, 1.165) is 5.92 Å². The Kier molecular flexibility index (Phi) is 51.7. The van der Waals surface area contributed by atoms with Gasteiger partial charge in [0.05, 0.1) is 0 Å². The van der Waals surface area contributed by atoms with Gasteiger partial charge in [0.25, 0.3) is 0 Å². The minimum Gasteiger partial charge on any atom is -0.300 e. The molecule has 1 fully saturated rings. The fourth-order valence-electron chi connectivity index (χ4n) is 3.94. The highest BCUT2D eigenvalue weighted by molar-refractivity contribution is 5.37. The predicted octanol–water partition coefficient (Wildman–Crippen LogP) is 14.3. The van der Waals surface area contributed by atoms with Crippen LogP contribution in [0, 0.1) is 11.3 Å². The fourth-order valence-corrected chi connectivity index (χ4v) is 3.94. The summed E-state index contributed by atoms with van der Waals surface area (Å²) in [5.74, 6) is 0.788. The summed E-state index contributed by atoms with van der Waals surface area (Å²) in [7, 11) is 0. The number of piperidine rings is 1. The molecule has 1 aliphatic carbocycles. The highest BCUT2D eigenvalue weighted by Gasteiger charge is 2.39. The minimum absolute atomic E-state index is 0.239. The fraction of sp³-hybridized carbons (Fsp3) is 0.795. The number of allylic oxidation sites excluding steroid dienone is 6. The molecule has 2 atom stereocenters. The molecule has 0 bridgehead atoms. The Bertz CT molecular complexity index is 537. The van der Waals surface area contributed by atoms with Crippen LogP contribution >= 0.6 is 0 Å². The van der Waals surface area contributed by atoms with Crippen LogP contribution < -0.4 is 0 Å². The number of hydrogen-bond acceptors (Lipinski definition) is 1. The highest BCUT2D eigenvalue weighted by atomic mass is 15.2. The number of likely N-dealkylation sites (tertiary alicyclic amines) is 1. The average Bonchev–Trinajstić information content (AvgIpc) is 3.01. The molecular formula is C39H83N. The maximum Gasteiger partial charge on any atom is 0.0177 e. The van der Waals surface area contributed by atoms with E-state index in [1.807, 2.05) is 69.2 Å². The Labute approximate surface area is 259 Å². The largest absolute Gasteiger partial charge is 0.300 e. The number of hydrogen-bond donors (Lipinski definition) is 0. The van der Waals surface area contributed by atoms with Crippen molar-refractivity contribution in [1.82, 2.24) is 4.90 Å². The van der Waals surface area contributed by atoms with Gasteiger partial charge in [-0.25, -0.2) is 0 Å². The van der Waals surface area contributed by atoms with Crippen molar-refractivity contribution in [1.29, 1.82) is 0 Å². The van der Waals surface area contributed by atoms with Crippen molar-refractivity contribution in [3.05, 3.63) is 48.1 Å². The lowest BCUT2D eigenvalue weighted by Gasteiger charge is -2.46. The SMILES string of the molecule is C=C(C)C.C=C(C)C1(C2=CCCC=C2)CCN(C(C)C(C)CC)CC1.CC.CC.CC.CC.CCC.CCCC. The second-order valence-electron chi connectivity index (χ2n) is 10.1. The molecule has 1 heterocycles. The molecule has 0 aromatic rings. The van der Waals surface area contributed by atoms with E-state index < -0.39 is 0 Å². The topological polar surface area (TPSA) is 3.24 Å². The van der Waals surface area contributed by atoms with Gasteiger partial charge >= 0.3 is 0 Å². The molecule has 40 heavy (non-hydrogen) atoms. The van der Waals surface area contributed by atoms with Gasteiger partial charge in [-0.15, -0.1) is 6.58 Å². The number of nitrogens with zero attached hydrogens (tertiary/aromatic N) is 1. The first-order chi connectivity index (χ1) is 19.1. The quantitative estimate of drug-likeness (QED) is 0.289. The van der Waals surface area contributed by atoms with Crippen LogP contribution in [0.5, 0.6) is 0 Å². The van der Waals surface area contributed by atoms with Crippen molar-refractivity contribution in [2.45, 2.75) is 182 Å². The third-order valence-corrected chi connectivity index (χ3v) is 6.56. The van der Waals surface area contributed by atoms with E-state index in [-0.39, 0.29) is 5.41 Å². The first-order valence-electron chi connectivity index (χ1n) is 17.5. The van der Waals surface area contributed by atoms with Gasteiger partial charge in [-0.3, -0.25) is 0 Å². The van der Waals surface area contributed by atoms with Crippen molar-refractivity contribution < 1.29 is 0 Å². The lowest BCUT2D eigenvalue weighted by atomic mass is 9.66. The Hall–Kier alpha value is -1.08. The molecule has 1 heteroatoms. The van der Waals surface area contributed by atoms with Crippen LogP contribution in [-0.4, -0.2) is 24.0 Å². The third kappa shape index (κ3) is 27.1. The van der Waals surface area contributed by atoms with Crippen LogP contribution in [0.2, 0.25) is 0 Å². The van der Waals surface area contributed by atoms with E-state index in [2.05, 4.69) is 91.7 Å². The van der Waals surface area contributed by atoms with E-state index in [1.165, 1.54) is 81.2 Å². The van der Waals surface area contributed by atoms with Crippen molar-refractivity contribution >= 4 is 0 Å². The Balaban J connectivity index is -0.000000126. The van der Waals surface area contributed by atoms with Crippen LogP contribution in [-0.2, 0) is 0 Å². The van der Waals surface area contributed by atoms with Gasteiger partial charge in [-0.1, -0.05) is 159 Å². The summed E-state index contributed by atoms with van der Waals surface area (Å²) >= 11 is 0. The summed E-state index contributed by atoms with van der Waals surface area (Å²) in [5, 5.41) is 0. The molecule has 244 valence electrons. The molecule has 1 aliphatic heterocycles. The highest BCUT2D eigenvalue weighted by Crippen LogP contribution is 2.46. The van der Waals surface area contributed by atoms with Crippen LogP contribution in [0.1, 0.15) is 176 Å². The number of unbranched alkanes of at least 4 members (excludes halogenated alkanes) is 1. The van der Waals surface area contributed by atoms with Crippen molar-refractivity contribution in [2.24, 2.45) is 11.3 Å². The van der Waals surface area contributed by atoms with Crippen LogP contribution in [0.15, 0.2) is 48.1 Å². The lowest BCUT2D eigenvalue weighted by molar-refractivity contribution is 0.0920. The lowest BCUT2D eigenvalue weighted by Crippen LogP contribution is -2.47. The third-order valence-electron chi connectivity index (χ3n) is 6.56. The van der Waals surface area contributed by atoms with Gasteiger partial charge in [0.15, 0.2) is 0 Å². The summed E-state index contributed by atoms with van der Waals surface area (Å²) < 4.78 is 0. The first kappa shape index (κ1) is 51.6. The molecule has 0 aromatic carbocycles. The van der Waals surface area contributed by atoms with E-state index in [0.29, 0.717) is 6.04 Å². The van der Waals surface area contributed by atoms with E-state index >= 15 is 0 Å². The van der Waals surface area contributed by atoms with Gasteiger partial charge in [-0.05, 0) is 78.0 Å². The molecule has 0 aromatic heterocycles. The monoisotopic (exact) mass is 566 g/mol. The maximum atomic E-state index is 4.35. The van der Waals surface area contributed by atoms with Gasteiger partial charge < -0.3 is 4.90 Å².